The van der Waals surface area contributed by atoms with Crippen molar-refractivity contribution in [2.24, 2.45) is 17.8 Å². The standard InChI is InChI=1S/C19H39NO2Si/c1-6-21-23(22-7-2)20(18-14-9-8-11-15(18)3)19-16(4)12-10-13-17(19)5/h15-19,23H,6-14H2,1-5H3. The molecule has 0 saturated heterocycles. The van der Waals surface area contributed by atoms with Gasteiger partial charge in [0.25, 0.3) is 0 Å². The fourth-order valence-corrected chi connectivity index (χ4v) is 7.65. The van der Waals surface area contributed by atoms with Crippen LogP contribution in [0, 0.1) is 17.8 Å². The summed E-state index contributed by atoms with van der Waals surface area (Å²) >= 11 is 0. The second kappa shape index (κ2) is 9.55. The maximum Gasteiger partial charge on any atom is 0.411 e. The smallest absolute Gasteiger partial charge is 0.385 e. The lowest BCUT2D eigenvalue weighted by Gasteiger charge is -2.50. The molecule has 0 N–H and O–H groups in total. The first-order valence-corrected chi connectivity index (χ1v) is 11.6. The van der Waals surface area contributed by atoms with Gasteiger partial charge in [-0.1, -0.05) is 40.0 Å². The lowest BCUT2D eigenvalue weighted by molar-refractivity contribution is 0.0179. The second-order valence-electron chi connectivity index (χ2n) is 7.87. The van der Waals surface area contributed by atoms with Gasteiger partial charge in [0.15, 0.2) is 0 Å². The van der Waals surface area contributed by atoms with Gasteiger partial charge in [0, 0.05) is 25.3 Å². The summed E-state index contributed by atoms with van der Waals surface area (Å²) in [5.41, 5.74) is 0. The molecule has 0 heterocycles. The van der Waals surface area contributed by atoms with E-state index in [-0.39, 0.29) is 0 Å². The molecule has 0 radical (unpaired) electrons. The normalized spacial score (nSPS) is 35.9. The minimum Gasteiger partial charge on any atom is -0.385 e. The van der Waals surface area contributed by atoms with Crippen molar-refractivity contribution in [2.75, 3.05) is 13.2 Å². The van der Waals surface area contributed by atoms with Crippen molar-refractivity contribution < 1.29 is 8.85 Å². The molecule has 0 bridgehead atoms. The van der Waals surface area contributed by atoms with E-state index >= 15 is 0 Å². The zero-order chi connectivity index (χ0) is 16.8. The van der Waals surface area contributed by atoms with Crippen molar-refractivity contribution in [3.63, 3.8) is 0 Å². The predicted molar refractivity (Wildman–Crippen MR) is 99.6 cm³/mol. The van der Waals surface area contributed by atoms with Gasteiger partial charge in [-0.2, -0.15) is 0 Å². The molecule has 2 fully saturated rings. The van der Waals surface area contributed by atoms with Crippen molar-refractivity contribution in [3.05, 3.63) is 0 Å². The molecular weight excluding hydrogens is 302 g/mol. The van der Waals surface area contributed by atoms with Crippen molar-refractivity contribution in [2.45, 2.75) is 91.6 Å². The Bertz CT molecular complexity index is 325. The summed E-state index contributed by atoms with van der Waals surface area (Å²) < 4.78 is 15.3. The van der Waals surface area contributed by atoms with Crippen LogP contribution in [0.25, 0.3) is 0 Å². The van der Waals surface area contributed by atoms with Crippen molar-refractivity contribution in [3.8, 4) is 0 Å². The molecule has 0 amide bonds. The number of hydrogen-bond acceptors (Lipinski definition) is 3. The van der Waals surface area contributed by atoms with E-state index in [9.17, 15) is 0 Å². The minimum atomic E-state index is -1.78. The van der Waals surface area contributed by atoms with Gasteiger partial charge >= 0.3 is 9.45 Å². The van der Waals surface area contributed by atoms with Crippen LogP contribution < -0.4 is 0 Å². The van der Waals surface area contributed by atoms with Crippen LogP contribution in [-0.2, 0) is 8.85 Å². The lowest BCUT2D eigenvalue weighted by Crippen LogP contribution is -2.61. The van der Waals surface area contributed by atoms with Crippen LogP contribution in [0.3, 0.4) is 0 Å². The molecular formula is C19H39NO2Si. The molecule has 3 nitrogen and oxygen atoms in total. The van der Waals surface area contributed by atoms with E-state index in [1.807, 2.05) is 0 Å². The summed E-state index contributed by atoms with van der Waals surface area (Å²) in [6.45, 7) is 13.2. The third-order valence-electron chi connectivity index (χ3n) is 6.14. The Hall–Kier alpha value is 0.0969. The van der Waals surface area contributed by atoms with Crippen molar-refractivity contribution >= 4 is 9.45 Å². The van der Waals surface area contributed by atoms with Gasteiger partial charge < -0.3 is 8.85 Å². The molecule has 2 rings (SSSR count). The molecule has 2 saturated carbocycles. The fourth-order valence-electron chi connectivity index (χ4n) is 5.01. The maximum absolute atomic E-state index is 6.24. The van der Waals surface area contributed by atoms with Crippen molar-refractivity contribution in [1.29, 1.82) is 0 Å². The van der Waals surface area contributed by atoms with Crippen molar-refractivity contribution in [1.82, 2.24) is 4.57 Å². The Morgan fingerprint density at radius 3 is 1.83 bits per heavy atom. The summed E-state index contributed by atoms with van der Waals surface area (Å²) in [6.07, 6.45) is 9.61. The average molecular weight is 342 g/mol. The predicted octanol–water partition coefficient (Wildman–Crippen LogP) is 4.48. The summed E-state index contributed by atoms with van der Waals surface area (Å²) in [5, 5.41) is 0. The lowest BCUT2D eigenvalue weighted by atomic mass is 9.76. The van der Waals surface area contributed by atoms with Crippen LogP contribution in [0.4, 0.5) is 0 Å². The molecule has 4 atom stereocenters. The molecule has 0 aliphatic heterocycles. The Balaban J connectivity index is 2.27. The third kappa shape index (κ3) is 4.81. The van der Waals surface area contributed by atoms with E-state index in [2.05, 4.69) is 39.2 Å². The van der Waals surface area contributed by atoms with Crippen LogP contribution in [-0.4, -0.2) is 39.3 Å². The quantitative estimate of drug-likeness (QED) is 0.637. The van der Waals surface area contributed by atoms with E-state index in [4.69, 9.17) is 8.85 Å². The van der Waals surface area contributed by atoms with Gasteiger partial charge in [-0.05, 0) is 57.3 Å². The topological polar surface area (TPSA) is 21.7 Å². The summed E-state index contributed by atoms with van der Waals surface area (Å²) in [5.74, 6) is 2.31. The molecule has 0 spiro atoms. The first-order valence-electron chi connectivity index (χ1n) is 10.1. The molecule has 0 aromatic carbocycles. The molecule has 4 unspecified atom stereocenters. The van der Waals surface area contributed by atoms with Crippen LogP contribution in [0.1, 0.15) is 79.6 Å². The summed E-state index contributed by atoms with van der Waals surface area (Å²) in [4.78, 5) is 0. The number of nitrogens with zero attached hydrogens (tertiary/aromatic N) is 1. The first-order chi connectivity index (χ1) is 11.1. The molecule has 4 heteroatoms. The molecule has 2 aliphatic rings. The molecule has 2 aliphatic carbocycles. The van der Waals surface area contributed by atoms with Gasteiger partial charge in [-0.15, -0.1) is 0 Å². The average Bonchev–Trinajstić information content (AvgIpc) is 2.52. The minimum absolute atomic E-state index is 0.657. The van der Waals surface area contributed by atoms with E-state index in [1.54, 1.807) is 0 Å². The molecule has 23 heavy (non-hydrogen) atoms. The zero-order valence-corrected chi connectivity index (χ0v) is 17.2. The van der Waals surface area contributed by atoms with Gasteiger partial charge in [-0.25, -0.2) is 0 Å². The van der Waals surface area contributed by atoms with Gasteiger partial charge in [0.2, 0.25) is 0 Å². The van der Waals surface area contributed by atoms with Crippen LogP contribution in [0.15, 0.2) is 0 Å². The highest BCUT2D eigenvalue weighted by Gasteiger charge is 2.43. The summed E-state index contributed by atoms with van der Waals surface area (Å²) in [6, 6.07) is 1.33. The highest BCUT2D eigenvalue weighted by Crippen LogP contribution is 2.38. The maximum atomic E-state index is 6.24. The van der Waals surface area contributed by atoms with Crippen LogP contribution in [0.2, 0.25) is 0 Å². The first kappa shape index (κ1) is 19.4. The molecule has 0 aromatic rings. The van der Waals surface area contributed by atoms with E-state index in [1.165, 1.54) is 44.9 Å². The van der Waals surface area contributed by atoms with Gasteiger partial charge in [0.1, 0.15) is 0 Å². The Morgan fingerprint density at radius 2 is 1.30 bits per heavy atom. The Morgan fingerprint density at radius 1 is 0.783 bits per heavy atom. The zero-order valence-electron chi connectivity index (χ0n) is 16.1. The van der Waals surface area contributed by atoms with Gasteiger partial charge in [-0.3, -0.25) is 4.57 Å². The van der Waals surface area contributed by atoms with Crippen LogP contribution >= 0.6 is 0 Å². The second-order valence-corrected chi connectivity index (χ2v) is 9.75. The Kier molecular flexibility index (Phi) is 8.06. The molecule has 136 valence electrons. The van der Waals surface area contributed by atoms with E-state index in [0.717, 1.165) is 31.0 Å². The molecule has 0 aromatic heterocycles. The SMILES string of the molecule is CCO[SiH](OCC)N(C1CCCCC1C)C1C(C)CCCC1C. The van der Waals surface area contributed by atoms with E-state index < -0.39 is 9.45 Å². The highest BCUT2D eigenvalue weighted by atomic mass is 28.3. The largest absolute Gasteiger partial charge is 0.411 e. The number of rotatable bonds is 7. The summed E-state index contributed by atoms with van der Waals surface area (Å²) in [7, 11) is -1.78. The fraction of sp³-hybridized carbons (Fsp3) is 1.00. The highest BCUT2D eigenvalue weighted by molar-refractivity contribution is 6.41. The Labute approximate surface area is 146 Å². The third-order valence-corrected chi connectivity index (χ3v) is 8.59. The van der Waals surface area contributed by atoms with E-state index in [0.29, 0.717) is 12.1 Å². The number of hydrogen-bond donors (Lipinski definition) is 0. The van der Waals surface area contributed by atoms with Crippen LogP contribution in [0.5, 0.6) is 0 Å². The van der Waals surface area contributed by atoms with Gasteiger partial charge in [0.05, 0.1) is 0 Å². The monoisotopic (exact) mass is 341 g/mol.